The lowest BCUT2D eigenvalue weighted by Gasteiger charge is -2.31. The molecule has 176 valence electrons. The molecule has 3 aromatic rings. The topological polar surface area (TPSA) is 104 Å². The molecule has 1 saturated heterocycles. The van der Waals surface area contributed by atoms with Crippen LogP contribution < -0.4 is 10.9 Å². The molecular weight excluding hydrogens is 497 g/mol. The van der Waals surface area contributed by atoms with Crippen LogP contribution in [0, 0.1) is 0 Å². The highest BCUT2D eigenvalue weighted by Crippen LogP contribution is 2.30. The Bertz CT molecular complexity index is 1210. The summed E-state index contributed by atoms with van der Waals surface area (Å²) in [6, 6.07) is 10.2. The smallest absolute Gasteiger partial charge is 0.289 e. The maximum atomic E-state index is 12.7. The van der Waals surface area contributed by atoms with Crippen LogP contribution in [0.1, 0.15) is 50.2 Å². The third kappa shape index (κ3) is 5.91. The lowest BCUT2D eigenvalue weighted by atomic mass is 9.97. The van der Waals surface area contributed by atoms with Crippen molar-refractivity contribution in [2.45, 2.75) is 25.2 Å². The van der Waals surface area contributed by atoms with Crippen LogP contribution in [0.2, 0.25) is 10.2 Å². The van der Waals surface area contributed by atoms with E-state index in [1.54, 1.807) is 11.4 Å². The number of benzene rings is 1. The molecule has 3 heterocycles. The fraction of sp³-hybridized carbons (Fsp3) is 0.261. The molecule has 0 atom stereocenters. The zero-order valence-electron chi connectivity index (χ0n) is 18.0. The molecule has 2 N–H and O–H groups in total. The predicted molar refractivity (Wildman–Crippen MR) is 130 cm³/mol. The quantitative estimate of drug-likeness (QED) is 0.394. The van der Waals surface area contributed by atoms with E-state index in [9.17, 15) is 14.4 Å². The number of piperidine rings is 1. The van der Waals surface area contributed by atoms with E-state index in [-0.39, 0.29) is 34.7 Å². The fourth-order valence-corrected chi connectivity index (χ4v) is 5.01. The lowest BCUT2D eigenvalue weighted by molar-refractivity contribution is -0.131. The maximum absolute atomic E-state index is 12.7. The van der Waals surface area contributed by atoms with Crippen LogP contribution in [0.3, 0.4) is 0 Å². The number of amides is 3. The van der Waals surface area contributed by atoms with Crippen molar-refractivity contribution in [1.29, 1.82) is 0 Å². The largest absolute Gasteiger partial charge is 0.342 e. The summed E-state index contributed by atoms with van der Waals surface area (Å²) in [5.41, 5.74) is 6.03. The Balaban J connectivity index is 1.27. The number of nitrogens with one attached hydrogen (secondary N) is 2. The maximum Gasteiger partial charge on any atom is 0.289 e. The van der Waals surface area contributed by atoms with Crippen molar-refractivity contribution in [3.63, 3.8) is 0 Å². The summed E-state index contributed by atoms with van der Waals surface area (Å²) in [5, 5.41) is 3.28. The Kier molecular flexibility index (Phi) is 7.77. The number of likely N-dealkylation sites (tertiary alicyclic amines) is 1. The molecule has 0 bridgehead atoms. The molecule has 8 nitrogen and oxygen atoms in total. The number of nitrogens with zero attached hydrogens (tertiary/aromatic N) is 3. The van der Waals surface area contributed by atoms with Crippen LogP contribution in [0.25, 0.3) is 0 Å². The summed E-state index contributed by atoms with van der Waals surface area (Å²) in [7, 11) is 0. The number of hydrazine groups is 1. The second-order valence-corrected chi connectivity index (χ2v) is 9.45. The summed E-state index contributed by atoms with van der Waals surface area (Å²) in [5.74, 6) is -0.799. The Labute approximate surface area is 210 Å². The van der Waals surface area contributed by atoms with Gasteiger partial charge in [-0.05, 0) is 36.6 Å². The summed E-state index contributed by atoms with van der Waals surface area (Å²) in [6.07, 6.45) is 3.22. The number of hydrogen-bond donors (Lipinski definition) is 2. The average Bonchev–Trinajstić information content (AvgIpc) is 3.34. The van der Waals surface area contributed by atoms with Crippen LogP contribution in [0.5, 0.6) is 0 Å². The van der Waals surface area contributed by atoms with Gasteiger partial charge >= 0.3 is 0 Å². The minimum absolute atomic E-state index is 0.0528. The van der Waals surface area contributed by atoms with Gasteiger partial charge in [-0.25, -0.2) is 9.97 Å². The summed E-state index contributed by atoms with van der Waals surface area (Å²) in [4.78, 5) is 47.3. The van der Waals surface area contributed by atoms with Crippen molar-refractivity contribution in [2.24, 2.45) is 0 Å². The van der Waals surface area contributed by atoms with Gasteiger partial charge in [0, 0.05) is 41.2 Å². The number of hydrogen-bond acceptors (Lipinski definition) is 6. The van der Waals surface area contributed by atoms with E-state index < -0.39 is 11.8 Å². The van der Waals surface area contributed by atoms with E-state index in [0.29, 0.717) is 18.1 Å². The molecule has 1 fully saturated rings. The van der Waals surface area contributed by atoms with Gasteiger partial charge in [-0.1, -0.05) is 41.4 Å². The van der Waals surface area contributed by atoms with Gasteiger partial charge in [0.25, 0.3) is 11.8 Å². The second kappa shape index (κ2) is 10.9. The number of rotatable bonds is 5. The standard InChI is InChI=1S/C23H21Cl2N5O3S/c24-17-4-2-1-3-15(17)12-20(31)30-9-6-14(7-10-30)23-27-18(13-34-23)22(33)29-28-21(32)16-5-8-26-19(25)11-16/h1-5,8,11,13-14H,6-7,9-10,12H2,(H,28,32)(H,29,33). The van der Waals surface area contributed by atoms with Crippen molar-refractivity contribution < 1.29 is 14.4 Å². The van der Waals surface area contributed by atoms with Crippen molar-refractivity contribution in [2.75, 3.05) is 13.1 Å². The third-order valence-corrected chi connectivity index (χ3v) is 7.11. The number of carbonyl (C=O) groups excluding carboxylic acids is 3. The zero-order chi connectivity index (χ0) is 24.1. The minimum atomic E-state index is -0.512. The van der Waals surface area contributed by atoms with E-state index in [0.717, 1.165) is 23.4 Å². The molecule has 4 rings (SSSR count). The molecular formula is C23H21Cl2N5O3S. The van der Waals surface area contributed by atoms with Crippen molar-refractivity contribution >= 4 is 52.3 Å². The minimum Gasteiger partial charge on any atom is -0.342 e. The first-order valence-corrected chi connectivity index (χ1v) is 12.2. The Morgan fingerprint density at radius 2 is 1.79 bits per heavy atom. The van der Waals surface area contributed by atoms with E-state index in [1.165, 1.54) is 29.7 Å². The highest BCUT2D eigenvalue weighted by molar-refractivity contribution is 7.09. The fourth-order valence-electron chi connectivity index (χ4n) is 3.67. The van der Waals surface area contributed by atoms with Gasteiger partial charge < -0.3 is 4.90 Å². The number of aromatic nitrogens is 2. The van der Waals surface area contributed by atoms with E-state index in [1.807, 2.05) is 23.1 Å². The summed E-state index contributed by atoms with van der Waals surface area (Å²) in [6.45, 7) is 1.25. The molecule has 11 heteroatoms. The van der Waals surface area contributed by atoms with Crippen LogP contribution in [0.4, 0.5) is 0 Å². The van der Waals surface area contributed by atoms with Crippen LogP contribution in [-0.4, -0.2) is 45.7 Å². The Hall–Kier alpha value is -3.01. The first-order valence-electron chi connectivity index (χ1n) is 10.6. The molecule has 1 aliphatic heterocycles. The number of pyridine rings is 1. The van der Waals surface area contributed by atoms with Crippen molar-refractivity contribution in [3.8, 4) is 0 Å². The molecule has 34 heavy (non-hydrogen) atoms. The van der Waals surface area contributed by atoms with Gasteiger partial charge in [0.05, 0.1) is 11.4 Å². The lowest BCUT2D eigenvalue weighted by Crippen LogP contribution is -2.41. The summed E-state index contributed by atoms with van der Waals surface area (Å²) >= 11 is 13.4. The van der Waals surface area contributed by atoms with Crippen molar-refractivity contribution in [3.05, 3.63) is 80.0 Å². The average molecular weight is 518 g/mol. The van der Waals surface area contributed by atoms with Gasteiger partial charge in [0.15, 0.2) is 0 Å². The van der Waals surface area contributed by atoms with E-state index >= 15 is 0 Å². The Morgan fingerprint density at radius 1 is 1.06 bits per heavy atom. The molecule has 1 aliphatic rings. The molecule has 0 spiro atoms. The highest BCUT2D eigenvalue weighted by Gasteiger charge is 2.26. The van der Waals surface area contributed by atoms with Crippen molar-refractivity contribution in [1.82, 2.24) is 25.7 Å². The van der Waals surface area contributed by atoms with Gasteiger partial charge in [-0.3, -0.25) is 25.2 Å². The van der Waals surface area contributed by atoms with Gasteiger partial charge in [0.1, 0.15) is 10.8 Å². The van der Waals surface area contributed by atoms with E-state index in [4.69, 9.17) is 23.2 Å². The molecule has 0 aliphatic carbocycles. The number of halogens is 2. The first kappa shape index (κ1) is 24.1. The highest BCUT2D eigenvalue weighted by atomic mass is 35.5. The number of thiazole rings is 1. The van der Waals surface area contributed by atoms with E-state index in [2.05, 4.69) is 20.8 Å². The monoisotopic (exact) mass is 517 g/mol. The SMILES string of the molecule is O=C(NNC(=O)c1csc(C2CCN(C(=O)Cc3ccccc3Cl)CC2)n1)c1ccnc(Cl)c1. The Morgan fingerprint density at radius 3 is 2.53 bits per heavy atom. The second-order valence-electron chi connectivity index (χ2n) is 7.77. The zero-order valence-corrected chi connectivity index (χ0v) is 20.3. The first-order chi connectivity index (χ1) is 16.4. The molecule has 1 aromatic carbocycles. The molecule has 0 saturated carbocycles. The summed E-state index contributed by atoms with van der Waals surface area (Å²) < 4.78 is 0. The number of carbonyl (C=O) groups is 3. The molecule has 3 amide bonds. The van der Waals surface area contributed by atoms with Crippen LogP contribution >= 0.6 is 34.5 Å². The van der Waals surface area contributed by atoms with Gasteiger partial charge in [-0.2, -0.15) is 0 Å². The van der Waals surface area contributed by atoms with Crippen LogP contribution in [0.15, 0.2) is 48.0 Å². The molecule has 2 aromatic heterocycles. The van der Waals surface area contributed by atoms with Gasteiger partial charge in [0.2, 0.25) is 5.91 Å². The normalized spacial score (nSPS) is 14.0. The third-order valence-electron chi connectivity index (χ3n) is 5.53. The predicted octanol–water partition coefficient (Wildman–Crippen LogP) is 3.87. The van der Waals surface area contributed by atoms with Gasteiger partial charge in [-0.15, -0.1) is 11.3 Å². The van der Waals surface area contributed by atoms with Crippen LogP contribution in [-0.2, 0) is 11.2 Å². The molecule has 0 unspecified atom stereocenters. The molecule has 0 radical (unpaired) electrons.